The highest BCUT2D eigenvalue weighted by molar-refractivity contribution is 7.87. The molecule has 2 rings (SSSR count). The van der Waals surface area contributed by atoms with Crippen molar-refractivity contribution in [2.24, 2.45) is 0 Å². The van der Waals surface area contributed by atoms with E-state index in [0.717, 1.165) is 0 Å². The summed E-state index contributed by atoms with van der Waals surface area (Å²) in [5, 5.41) is 9.75. The number of terminal acetylenes is 1. The first-order valence-electron chi connectivity index (χ1n) is 7.30. The summed E-state index contributed by atoms with van der Waals surface area (Å²) < 4.78 is 63.6. The van der Waals surface area contributed by atoms with Crippen molar-refractivity contribution in [3.63, 3.8) is 0 Å². The lowest BCUT2D eigenvalue weighted by molar-refractivity contribution is -0.0520. The zero-order valence-electron chi connectivity index (χ0n) is 13.2. The first-order valence-corrected chi connectivity index (χ1v) is 8.71. The first kappa shape index (κ1) is 19.6. The molecule has 8 heteroatoms. The fourth-order valence-corrected chi connectivity index (χ4v) is 2.66. The summed E-state index contributed by atoms with van der Waals surface area (Å²) in [6.45, 7) is 0. The molecular weight excluding hydrogens is 369 g/mol. The number of benzene rings is 1. The van der Waals surface area contributed by atoms with E-state index in [4.69, 9.17) is 6.42 Å². The number of rotatable bonds is 3. The minimum atomic E-state index is -5.73. The maximum atomic E-state index is 12.4. The van der Waals surface area contributed by atoms with Crippen molar-refractivity contribution < 1.29 is 30.9 Å². The number of hydrogen-bond donors (Lipinski definition) is 1. The predicted molar refractivity (Wildman–Crippen MR) is 88.6 cm³/mol. The Hall–Kier alpha value is -2.68. The van der Waals surface area contributed by atoms with Crippen molar-refractivity contribution in [2.75, 3.05) is 0 Å². The molecule has 0 heterocycles. The molecule has 26 heavy (non-hydrogen) atoms. The van der Waals surface area contributed by atoms with Gasteiger partial charge in [0.25, 0.3) is 0 Å². The van der Waals surface area contributed by atoms with Crippen LogP contribution in [0.4, 0.5) is 13.2 Å². The maximum absolute atomic E-state index is 12.4. The van der Waals surface area contributed by atoms with Crippen molar-refractivity contribution in [1.29, 1.82) is 0 Å². The number of halogens is 3. The van der Waals surface area contributed by atoms with Gasteiger partial charge >= 0.3 is 15.6 Å². The molecule has 4 nitrogen and oxygen atoms in total. The van der Waals surface area contributed by atoms with Crippen molar-refractivity contribution in [3.8, 4) is 24.2 Å². The fourth-order valence-electron chi connectivity index (χ4n) is 2.15. The largest absolute Gasteiger partial charge is 0.534 e. The topological polar surface area (TPSA) is 63.6 Å². The molecule has 0 bridgehead atoms. The van der Waals surface area contributed by atoms with E-state index < -0.39 is 21.7 Å². The normalized spacial score (nSPS) is 17.0. The van der Waals surface area contributed by atoms with E-state index in [0.29, 0.717) is 24.0 Å². The van der Waals surface area contributed by atoms with E-state index in [1.165, 1.54) is 12.2 Å². The summed E-state index contributed by atoms with van der Waals surface area (Å²) in [7, 11) is -5.73. The van der Waals surface area contributed by atoms with E-state index in [1.54, 1.807) is 24.3 Å². The smallest absolute Gasteiger partial charge is 0.376 e. The molecule has 136 valence electrons. The van der Waals surface area contributed by atoms with E-state index in [-0.39, 0.29) is 11.3 Å². The van der Waals surface area contributed by atoms with Gasteiger partial charge in [0.1, 0.15) is 11.9 Å². The third-order valence-electron chi connectivity index (χ3n) is 3.41. The van der Waals surface area contributed by atoms with Crippen LogP contribution in [0.25, 0.3) is 0 Å². The van der Waals surface area contributed by atoms with E-state index in [1.807, 2.05) is 0 Å². The predicted octanol–water partition coefficient (Wildman–Crippen LogP) is 3.18. The third-order valence-corrected chi connectivity index (χ3v) is 4.38. The summed E-state index contributed by atoms with van der Waals surface area (Å²) in [5.41, 5.74) is -4.40. The van der Waals surface area contributed by atoms with Gasteiger partial charge in [-0.15, -0.1) is 6.42 Å². The fraction of sp³-hybridized carbons (Fsp3) is 0.222. The minimum absolute atomic E-state index is 0.236. The zero-order chi connectivity index (χ0) is 19.4. The second-order valence-electron chi connectivity index (χ2n) is 5.19. The molecule has 0 amide bonds. The van der Waals surface area contributed by atoms with Gasteiger partial charge in [0.2, 0.25) is 0 Å². The Balaban J connectivity index is 2.25. The van der Waals surface area contributed by atoms with Crippen molar-refractivity contribution in [1.82, 2.24) is 0 Å². The van der Waals surface area contributed by atoms with Crippen LogP contribution in [0.2, 0.25) is 0 Å². The summed E-state index contributed by atoms with van der Waals surface area (Å²) in [5.74, 6) is 7.15. The summed E-state index contributed by atoms with van der Waals surface area (Å²) in [4.78, 5) is 0. The molecule has 1 aliphatic rings. The minimum Gasteiger partial charge on any atom is -0.376 e. The number of alkyl halides is 3. The lowest BCUT2D eigenvalue weighted by Gasteiger charge is -2.10. The Bertz CT molecular complexity index is 955. The van der Waals surface area contributed by atoms with Crippen molar-refractivity contribution >= 4 is 10.1 Å². The van der Waals surface area contributed by atoms with Crippen molar-refractivity contribution in [2.45, 2.75) is 24.5 Å². The average molecular weight is 382 g/mol. The van der Waals surface area contributed by atoms with Crippen LogP contribution in [0.15, 0.2) is 47.7 Å². The molecular formula is C18H13F3O4S. The van der Waals surface area contributed by atoms with Gasteiger partial charge in [-0.3, -0.25) is 0 Å². The number of aliphatic hydroxyl groups is 1. The second kappa shape index (κ2) is 7.69. The number of aliphatic hydroxyl groups excluding tert-OH is 1. The number of hydrogen-bond acceptors (Lipinski definition) is 4. The molecule has 1 atom stereocenters. The maximum Gasteiger partial charge on any atom is 0.534 e. The Morgan fingerprint density at radius 3 is 2.65 bits per heavy atom. The Morgan fingerprint density at radius 2 is 2.00 bits per heavy atom. The molecule has 1 aliphatic carbocycles. The molecule has 0 aromatic heterocycles. The van der Waals surface area contributed by atoms with Gasteiger partial charge in [0.15, 0.2) is 0 Å². The lowest BCUT2D eigenvalue weighted by Crippen LogP contribution is -2.25. The summed E-state index contributed by atoms with van der Waals surface area (Å²) in [6.07, 6.45) is 7.21. The summed E-state index contributed by atoms with van der Waals surface area (Å²) in [6, 6.07) is 6.58. The van der Waals surface area contributed by atoms with Crippen LogP contribution in [-0.4, -0.2) is 19.0 Å². The Morgan fingerprint density at radius 1 is 1.31 bits per heavy atom. The Kier molecular flexibility index (Phi) is 5.81. The van der Waals surface area contributed by atoms with Crippen LogP contribution in [0.5, 0.6) is 0 Å². The molecule has 1 unspecified atom stereocenters. The van der Waals surface area contributed by atoms with E-state index >= 15 is 0 Å². The lowest BCUT2D eigenvalue weighted by atomic mass is 10.0. The van der Waals surface area contributed by atoms with Crippen LogP contribution in [0.1, 0.15) is 30.1 Å². The van der Waals surface area contributed by atoms with Crippen LogP contribution in [0.3, 0.4) is 0 Å². The van der Waals surface area contributed by atoms with Crippen LogP contribution < -0.4 is 0 Å². The van der Waals surface area contributed by atoms with Gasteiger partial charge in [-0.2, -0.15) is 21.6 Å². The standard InChI is InChI=1S/C18H13F3O4S/c1-2-16(22)15-11-4-3-7-13(15)8-5-9-14-10-6-12-17(14)25-26(23,24)18(19,20)21/h1,3-4,7,9,11-12,16,22H,6,10H2/b14-9-. The highest BCUT2D eigenvalue weighted by atomic mass is 32.2. The van der Waals surface area contributed by atoms with Crippen LogP contribution in [-0.2, 0) is 14.3 Å². The quantitative estimate of drug-likeness (QED) is 0.496. The molecule has 0 saturated carbocycles. The summed E-state index contributed by atoms with van der Waals surface area (Å²) >= 11 is 0. The molecule has 0 saturated heterocycles. The monoisotopic (exact) mass is 382 g/mol. The average Bonchev–Trinajstić information content (AvgIpc) is 3.00. The first-order chi connectivity index (χ1) is 12.2. The Labute approximate surface area is 149 Å². The van der Waals surface area contributed by atoms with E-state index in [2.05, 4.69) is 21.9 Å². The SMILES string of the molecule is C#CC(O)c1ccccc1C#C/C=C1/CCC=C1OS(=O)(=O)C(F)(F)F. The third kappa shape index (κ3) is 4.48. The van der Waals surface area contributed by atoms with Gasteiger partial charge in [-0.05, 0) is 31.1 Å². The van der Waals surface area contributed by atoms with Gasteiger partial charge in [0.05, 0.1) is 0 Å². The molecule has 0 aliphatic heterocycles. The molecule has 0 spiro atoms. The van der Waals surface area contributed by atoms with Gasteiger partial charge < -0.3 is 9.29 Å². The second-order valence-corrected chi connectivity index (χ2v) is 6.72. The van der Waals surface area contributed by atoms with Gasteiger partial charge in [-0.25, -0.2) is 0 Å². The van der Waals surface area contributed by atoms with Gasteiger partial charge in [-0.1, -0.05) is 36.0 Å². The molecule has 0 fully saturated rings. The number of allylic oxidation sites excluding steroid dienone is 3. The van der Waals surface area contributed by atoms with Crippen molar-refractivity contribution in [3.05, 3.63) is 58.9 Å². The highest BCUT2D eigenvalue weighted by Crippen LogP contribution is 2.32. The van der Waals surface area contributed by atoms with E-state index in [9.17, 15) is 26.7 Å². The van der Waals surface area contributed by atoms with Crippen LogP contribution in [0, 0.1) is 24.2 Å². The highest BCUT2D eigenvalue weighted by Gasteiger charge is 2.49. The molecule has 0 radical (unpaired) electrons. The van der Waals surface area contributed by atoms with Crippen LogP contribution >= 0.6 is 0 Å². The molecule has 1 aromatic carbocycles. The zero-order valence-corrected chi connectivity index (χ0v) is 14.1. The molecule has 1 aromatic rings. The van der Waals surface area contributed by atoms with Gasteiger partial charge in [0, 0.05) is 16.7 Å². The molecule has 1 N–H and O–H groups in total.